The molecule has 32 heavy (non-hydrogen) atoms. The molecule has 0 unspecified atom stereocenters. The van der Waals surface area contributed by atoms with Gasteiger partial charge in [0.1, 0.15) is 5.65 Å². The van der Waals surface area contributed by atoms with Crippen LogP contribution in [0.2, 0.25) is 0 Å². The van der Waals surface area contributed by atoms with Crippen LogP contribution in [0.15, 0.2) is 46.2 Å². The van der Waals surface area contributed by atoms with E-state index in [0.717, 1.165) is 16.7 Å². The maximum absolute atomic E-state index is 12.7. The van der Waals surface area contributed by atoms with Crippen LogP contribution >= 0.6 is 0 Å². The Morgan fingerprint density at radius 3 is 2.88 bits per heavy atom. The molecule has 11 heteroatoms. The quantitative estimate of drug-likeness (QED) is 0.453. The number of pyridine rings is 2. The lowest BCUT2D eigenvalue weighted by Crippen LogP contribution is -2.39. The number of fused-ring (bicyclic) bond motifs is 1. The zero-order valence-corrected chi connectivity index (χ0v) is 17.9. The van der Waals surface area contributed by atoms with Crippen molar-refractivity contribution >= 4 is 26.6 Å². The molecule has 0 radical (unpaired) electrons. The molecule has 10 nitrogen and oxygen atoms in total. The Kier molecular flexibility index (Phi) is 4.86. The lowest BCUT2D eigenvalue weighted by molar-refractivity contribution is 0.310. The third-order valence-electron chi connectivity index (χ3n) is 5.56. The number of nitrogens with one attached hydrogen (secondary N) is 2. The van der Waals surface area contributed by atoms with Crippen LogP contribution in [0.4, 0.5) is 5.69 Å². The summed E-state index contributed by atoms with van der Waals surface area (Å²) in [5.41, 5.74) is 2.54. The van der Waals surface area contributed by atoms with Crippen LogP contribution < -0.4 is 5.32 Å². The first kappa shape index (κ1) is 20.1. The van der Waals surface area contributed by atoms with Crippen LogP contribution in [0.1, 0.15) is 24.3 Å². The summed E-state index contributed by atoms with van der Waals surface area (Å²) in [5, 5.41) is 21.4. The molecule has 0 spiro atoms. The fraction of sp³-hybridized carbons (Fsp3) is 0.286. The Bertz CT molecular complexity index is 1450. The lowest BCUT2D eigenvalue weighted by atomic mass is 9.81. The van der Waals surface area contributed by atoms with Crippen molar-refractivity contribution in [2.75, 3.05) is 11.1 Å². The summed E-state index contributed by atoms with van der Waals surface area (Å²) in [6.07, 6.45) is 6.22. The van der Waals surface area contributed by atoms with E-state index in [1.54, 1.807) is 13.1 Å². The van der Waals surface area contributed by atoms with Gasteiger partial charge in [-0.2, -0.15) is 5.26 Å². The summed E-state index contributed by atoms with van der Waals surface area (Å²) in [6, 6.07) is 6.77. The molecule has 1 fully saturated rings. The molecule has 1 aliphatic rings. The number of hydrogen-bond acceptors (Lipinski definition) is 9. The highest BCUT2D eigenvalue weighted by atomic mass is 32.2. The predicted molar refractivity (Wildman–Crippen MR) is 115 cm³/mol. The summed E-state index contributed by atoms with van der Waals surface area (Å²) >= 11 is 0. The molecule has 0 aromatic carbocycles. The molecule has 162 valence electrons. The molecule has 0 atom stereocenters. The third kappa shape index (κ3) is 3.69. The fourth-order valence-electron chi connectivity index (χ4n) is 3.97. The molecule has 4 aromatic heterocycles. The van der Waals surface area contributed by atoms with E-state index in [2.05, 4.69) is 30.5 Å². The molecular weight excluding hydrogens is 430 g/mol. The number of aromatic nitrogens is 5. The van der Waals surface area contributed by atoms with Crippen LogP contribution in [0.3, 0.4) is 0 Å². The van der Waals surface area contributed by atoms with Gasteiger partial charge in [-0.25, -0.2) is 18.4 Å². The molecule has 0 amide bonds. The average Bonchev–Trinajstić information content (AvgIpc) is 3.41. The van der Waals surface area contributed by atoms with Crippen LogP contribution in [0.25, 0.3) is 22.5 Å². The van der Waals surface area contributed by atoms with E-state index >= 15 is 0 Å². The monoisotopic (exact) mass is 449 g/mol. The molecule has 4 aromatic rings. The van der Waals surface area contributed by atoms with Gasteiger partial charge in [0.25, 0.3) is 5.89 Å². The normalized spacial score (nSPS) is 18.2. The number of aromatic amines is 1. The highest BCUT2D eigenvalue weighted by Crippen LogP contribution is 2.38. The standard InChI is InChI=1S/C21H19N7O3S/c1-12-27-28-21(31-12)17-10-25-20-16(3-5-24-20)19(17)26-15-6-14(7-15)11-32(29,30)18-8-13(9-22)2-4-23-18/h2-5,8,10,14-15H,6-7,11H2,1H3,(H2,24,25,26). The van der Waals surface area contributed by atoms with Crippen LogP contribution in [-0.2, 0) is 9.84 Å². The van der Waals surface area contributed by atoms with Crippen molar-refractivity contribution in [2.24, 2.45) is 5.92 Å². The van der Waals surface area contributed by atoms with Gasteiger partial charge in [0, 0.05) is 36.9 Å². The molecule has 2 N–H and O–H groups in total. The van der Waals surface area contributed by atoms with Crippen LogP contribution in [0.5, 0.6) is 0 Å². The maximum atomic E-state index is 12.7. The maximum Gasteiger partial charge on any atom is 0.251 e. The van der Waals surface area contributed by atoms with Gasteiger partial charge >= 0.3 is 0 Å². The summed E-state index contributed by atoms with van der Waals surface area (Å²) in [6.45, 7) is 1.73. The van der Waals surface area contributed by atoms with Gasteiger partial charge in [-0.1, -0.05) is 0 Å². The number of nitrogens with zero attached hydrogens (tertiary/aromatic N) is 5. The molecule has 1 aliphatic carbocycles. The minimum atomic E-state index is -3.56. The van der Waals surface area contributed by atoms with Gasteiger partial charge < -0.3 is 14.7 Å². The molecular formula is C21H19N7O3S. The van der Waals surface area contributed by atoms with Crippen molar-refractivity contribution in [3.05, 3.63) is 48.2 Å². The van der Waals surface area contributed by atoms with Gasteiger partial charge in [-0.3, -0.25) is 0 Å². The number of H-pyrrole nitrogens is 1. The van der Waals surface area contributed by atoms with Crippen molar-refractivity contribution in [1.29, 1.82) is 5.26 Å². The molecule has 0 bridgehead atoms. The zero-order valence-electron chi connectivity index (χ0n) is 17.1. The molecule has 0 aliphatic heterocycles. The average molecular weight is 449 g/mol. The second-order valence-electron chi connectivity index (χ2n) is 7.87. The number of anilines is 1. The number of sulfone groups is 1. The smallest absolute Gasteiger partial charge is 0.251 e. The van der Waals surface area contributed by atoms with Gasteiger partial charge in [-0.15, -0.1) is 10.2 Å². The Balaban J connectivity index is 1.32. The van der Waals surface area contributed by atoms with E-state index < -0.39 is 9.84 Å². The van der Waals surface area contributed by atoms with Gasteiger partial charge in [0.2, 0.25) is 5.89 Å². The molecule has 5 rings (SSSR count). The van der Waals surface area contributed by atoms with Gasteiger partial charge in [-0.05, 0) is 37.0 Å². The number of hydrogen-bond donors (Lipinski definition) is 2. The Hall–Kier alpha value is -3.78. The predicted octanol–water partition coefficient (Wildman–Crippen LogP) is 2.85. The second-order valence-corrected chi connectivity index (χ2v) is 9.85. The van der Waals surface area contributed by atoms with Crippen molar-refractivity contribution in [3.63, 3.8) is 0 Å². The van der Waals surface area contributed by atoms with E-state index in [0.29, 0.717) is 30.2 Å². The Labute approximate surface area is 183 Å². The van der Waals surface area contributed by atoms with Crippen molar-refractivity contribution in [1.82, 2.24) is 25.1 Å². The van der Waals surface area contributed by atoms with Crippen molar-refractivity contribution < 1.29 is 12.8 Å². The summed E-state index contributed by atoms with van der Waals surface area (Å²) < 4.78 is 31.0. The molecule has 4 heterocycles. The van der Waals surface area contributed by atoms with Gasteiger partial charge in [0.15, 0.2) is 14.9 Å². The SMILES string of the molecule is Cc1nnc(-c2cnc3[nH]ccc3c2NC2CC(CS(=O)(=O)c3cc(C#N)ccn3)C2)o1. The van der Waals surface area contributed by atoms with E-state index in [1.807, 2.05) is 18.3 Å². The van der Waals surface area contributed by atoms with Crippen LogP contribution in [-0.4, -0.2) is 45.4 Å². The summed E-state index contributed by atoms with van der Waals surface area (Å²) in [5.74, 6) is 0.840. The van der Waals surface area contributed by atoms with E-state index in [4.69, 9.17) is 9.68 Å². The lowest BCUT2D eigenvalue weighted by Gasteiger charge is -2.36. The first-order valence-corrected chi connectivity index (χ1v) is 11.7. The van der Waals surface area contributed by atoms with E-state index in [9.17, 15) is 8.42 Å². The number of rotatable bonds is 6. The first-order chi connectivity index (χ1) is 15.4. The molecule has 0 saturated heterocycles. The minimum Gasteiger partial charge on any atom is -0.421 e. The molecule has 1 saturated carbocycles. The zero-order chi connectivity index (χ0) is 22.3. The minimum absolute atomic E-state index is 0.00131. The number of aryl methyl sites for hydroxylation is 1. The summed E-state index contributed by atoms with van der Waals surface area (Å²) in [4.78, 5) is 11.5. The summed E-state index contributed by atoms with van der Waals surface area (Å²) in [7, 11) is -3.56. The highest BCUT2D eigenvalue weighted by Gasteiger charge is 2.35. The fourth-order valence-corrected chi connectivity index (χ4v) is 5.56. The van der Waals surface area contributed by atoms with Gasteiger partial charge in [0.05, 0.1) is 28.6 Å². The van der Waals surface area contributed by atoms with E-state index in [-0.39, 0.29) is 28.3 Å². The van der Waals surface area contributed by atoms with Crippen molar-refractivity contribution in [3.8, 4) is 17.5 Å². The van der Waals surface area contributed by atoms with Crippen LogP contribution in [0, 0.1) is 24.2 Å². The Morgan fingerprint density at radius 1 is 1.28 bits per heavy atom. The Morgan fingerprint density at radius 2 is 2.12 bits per heavy atom. The second kappa shape index (κ2) is 7.72. The highest BCUT2D eigenvalue weighted by molar-refractivity contribution is 7.91. The largest absolute Gasteiger partial charge is 0.421 e. The van der Waals surface area contributed by atoms with E-state index in [1.165, 1.54) is 18.3 Å². The first-order valence-electron chi connectivity index (χ1n) is 10.0. The third-order valence-corrected chi connectivity index (χ3v) is 7.34. The number of nitriles is 1. The topological polar surface area (TPSA) is 150 Å². The van der Waals surface area contributed by atoms with Crippen molar-refractivity contribution in [2.45, 2.75) is 30.8 Å².